The van der Waals surface area contributed by atoms with Crippen molar-refractivity contribution in [1.29, 1.82) is 0 Å². The van der Waals surface area contributed by atoms with Gasteiger partial charge in [-0.1, -0.05) is 0 Å². The quantitative estimate of drug-likeness (QED) is 0.856. The zero-order chi connectivity index (χ0) is 11.7. The highest BCUT2D eigenvalue weighted by Crippen LogP contribution is 2.37. The van der Waals surface area contributed by atoms with E-state index in [2.05, 4.69) is 9.97 Å². The molecule has 1 saturated heterocycles. The van der Waals surface area contributed by atoms with Gasteiger partial charge in [0.1, 0.15) is 11.9 Å². The van der Waals surface area contributed by atoms with Crippen molar-refractivity contribution in [2.75, 3.05) is 13.2 Å². The van der Waals surface area contributed by atoms with Crippen LogP contribution in [0.15, 0.2) is 10.9 Å². The highest BCUT2D eigenvalue weighted by molar-refractivity contribution is 5.14. The van der Waals surface area contributed by atoms with E-state index in [0.717, 1.165) is 44.7 Å². The second-order valence-electron chi connectivity index (χ2n) is 4.67. The van der Waals surface area contributed by atoms with E-state index in [9.17, 15) is 4.79 Å². The Bertz CT molecular complexity index is 447. The Morgan fingerprint density at radius 2 is 2.06 bits per heavy atom. The summed E-state index contributed by atoms with van der Waals surface area (Å²) in [6, 6.07) is 1.43. The lowest BCUT2D eigenvalue weighted by molar-refractivity contribution is 0.0235. The average molecular weight is 236 g/mol. The van der Waals surface area contributed by atoms with Crippen LogP contribution in [0.5, 0.6) is 5.88 Å². The Kier molecular flexibility index (Phi) is 2.84. The van der Waals surface area contributed by atoms with Crippen molar-refractivity contribution < 1.29 is 9.47 Å². The minimum Gasteiger partial charge on any atom is -0.474 e. The number of aromatic nitrogens is 2. The molecule has 1 N–H and O–H groups in total. The van der Waals surface area contributed by atoms with Crippen molar-refractivity contribution in [2.24, 2.45) is 0 Å². The third-order valence-electron chi connectivity index (χ3n) is 3.16. The number of H-pyrrole nitrogens is 1. The maximum atomic E-state index is 11.5. The Labute approximate surface area is 99.2 Å². The molecule has 5 heteroatoms. The highest BCUT2D eigenvalue weighted by Gasteiger charge is 2.27. The zero-order valence-electron chi connectivity index (χ0n) is 9.65. The summed E-state index contributed by atoms with van der Waals surface area (Å²) in [7, 11) is 0. The fourth-order valence-corrected chi connectivity index (χ4v) is 2.03. The van der Waals surface area contributed by atoms with E-state index in [1.54, 1.807) is 0 Å². The molecule has 0 radical (unpaired) electrons. The van der Waals surface area contributed by atoms with Gasteiger partial charge >= 0.3 is 0 Å². The molecule has 2 heterocycles. The topological polar surface area (TPSA) is 64.2 Å². The van der Waals surface area contributed by atoms with E-state index in [1.807, 2.05) is 0 Å². The minimum atomic E-state index is -0.121. The van der Waals surface area contributed by atoms with Crippen molar-refractivity contribution in [3.8, 4) is 5.88 Å². The van der Waals surface area contributed by atoms with Gasteiger partial charge in [0.2, 0.25) is 5.88 Å². The van der Waals surface area contributed by atoms with Gasteiger partial charge in [-0.3, -0.25) is 4.79 Å². The summed E-state index contributed by atoms with van der Waals surface area (Å²) >= 11 is 0. The molecule has 0 bridgehead atoms. The first-order valence-electron chi connectivity index (χ1n) is 6.17. The number of nitrogens with one attached hydrogen (secondary N) is 1. The summed E-state index contributed by atoms with van der Waals surface area (Å²) < 4.78 is 11.0. The summed E-state index contributed by atoms with van der Waals surface area (Å²) in [5.74, 6) is 1.67. The molecular formula is C12H16N2O3. The largest absolute Gasteiger partial charge is 0.474 e. The lowest BCUT2D eigenvalue weighted by Crippen LogP contribution is -2.27. The maximum absolute atomic E-state index is 11.5. The van der Waals surface area contributed by atoms with E-state index in [0.29, 0.717) is 11.8 Å². The Morgan fingerprint density at radius 1 is 1.29 bits per heavy atom. The zero-order valence-corrected chi connectivity index (χ0v) is 9.65. The van der Waals surface area contributed by atoms with Crippen LogP contribution in [0.3, 0.4) is 0 Å². The number of ether oxygens (including phenoxy) is 2. The normalized spacial score (nSPS) is 21.4. The maximum Gasteiger partial charge on any atom is 0.254 e. The SMILES string of the molecule is O=c1cc(OC2CCOCC2)nc(C2CC2)[nH]1. The molecule has 1 aromatic heterocycles. The Balaban J connectivity index is 1.74. The second kappa shape index (κ2) is 4.49. The van der Waals surface area contributed by atoms with Crippen LogP contribution in [-0.4, -0.2) is 29.3 Å². The molecule has 3 rings (SSSR count). The predicted molar refractivity (Wildman–Crippen MR) is 61.3 cm³/mol. The molecule has 0 aromatic carbocycles. The third-order valence-corrected chi connectivity index (χ3v) is 3.16. The standard InChI is InChI=1S/C12H16N2O3/c15-10-7-11(14-12(13-10)8-1-2-8)17-9-3-5-16-6-4-9/h7-9H,1-6H2,(H,13,14,15). The third kappa shape index (κ3) is 2.66. The molecule has 1 aliphatic heterocycles. The average Bonchev–Trinajstić information content (AvgIpc) is 3.13. The summed E-state index contributed by atoms with van der Waals surface area (Å²) in [6.07, 6.45) is 4.10. The van der Waals surface area contributed by atoms with Gasteiger partial charge in [0.15, 0.2) is 0 Å². The van der Waals surface area contributed by atoms with Gasteiger partial charge in [-0.25, -0.2) is 0 Å². The number of nitrogens with zero attached hydrogens (tertiary/aromatic N) is 1. The van der Waals surface area contributed by atoms with Gasteiger partial charge in [-0.2, -0.15) is 4.98 Å². The number of hydrogen-bond acceptors (Lipinski definition) is 4. The van der Waals surface area contributed by atoms with Gasteiger partial charge in [0.05, 0.1) is 19.3 Å². The first kappa shape index (κ1) is 10.8. The van der Waals surface area contributed by atoms with Crippen LogP contribution >= 0.6 is 0 Å². The smallest absolute Gasteiger partial charge is 0.254 e. The molecule has 5 nitrogen and oxygen atoms in total. The van der Waals surface area contributed by atoms with E-state index in [4.69, 9.17) is 9.47 Å². The first-order valence-corrected chi connectivity index (χ1v) is 6.17. The van der Waals surface area contributed by atoms with Crippen molar-refractivity contribution in [3.05, 3.63) is 22.2 Å². The van der Waals surface area contributed by atoms with Gasteiger partial charge in [-0.05, 0) is 12.8 Å². The van der Waals surface area contributed by atoms with Crippen molar-refractivity contribution in [2.45, 2.75) is 37.7 Å². The van der Waals surface area contributed by atoms with Gasteiger partial charge in [0, 0.05) is 18.8 Å². The summed E-state index contributed by atoms with van der Waals surface area (Å²) in [6.45, 7) is 1.45. The van der Waals surface area contributed by atoms with Crippen LogP contribution < -0.4 is 10.3 Å². The summed E-state index contributed by atoms with van der Waals surface area (Å²) in [5.41, 5.74) is -0.121. The monoisotopic (exact) mass is 236 g/mol. The highest BCUT2D eigenvalue weighted by atomic mass is 16.5. The van der Waals surface area contributed by atoms with Crippen LogP contribution in [0.1, 0.15) is 37.4 Å². The van der Waals surface area contributed by atoms with Gasteiger partial charge in [-0.15, -0.1) is 0 Å². The van der Waals surface area contributed by atoms with Crippen LogP contribution in [0, 0.1) is 0 Å². The van der Waals surface area contributed by atoms with Crippen molar-refractivity contribution in [3.63, 3.8) is 0 Å². The molecule has 2 aliphatic rings. The molecule has 17 heavy (non-hydrogen) atoms. The molecule has 0 unspecified atom stereocenters. The first-order chi connectivity index (χ1) is 8.31. The van der Waals surface area contributed by atoms with Gasteiger partial charge in [0.25, 0.3) is 5.56 Å². The summed E-state index contributed by atoms with van der Waals surface area (Å²) in [5, 5.41) is 0. The van der Waals surface area contributed by atoms with Crippen molar-refractivity contribution >= 4 is 0 Å². The second-order valence-corrected chi connectivity index (χ2v) is 4.67. The molecule has 92 valence electrons. The fourth-order valence-electron chi connectivity index (χ4n) is 2.03. The van der Waals surface area contributed by atoms with Crippen LogP contribution in [0.25, 0.3) is 0 Å². The predicted octanol–water partition coefficient (Wildman–Crippen LogP) is 1.21. The molecule has 2 fully saturated rings. The van der Waals surface area contributed by atoms with Gasteiger partial charge < -0.3 is 14.5 Å². The number of rotatable bonds is 3. The number of aromatic amines is 1. The van der Waals surface area contributed by atoms with E-state index >= 15 is 0 Å². The molecule has 0 amide bonds. The summed E-state index contributed by atoms with van der Waals surface area (Å²) in [4.78, 5) is 18.6. The Morgan fingerprint density at radius 3 is 2.76 bits per heavy atom. The molecule has 0 spiro atoms. The van der Waals surface area contributed by atoms with E-state index in [1.165, 1.54) is 6.07 Å². The molecule has 1 saturated carbocycles. The lowest BCUT2D eigenvalue weighted by Gasteiger charge is -2.22. The van der Waals surface area contributed by atoms with Crippen molar-refractivity contribution in [1.82, 2.24) is 9.97 Å². The van der Waals surface area contributed by atoms with E-state index in [-0.39, 0.29) is 11.7 Å². The van der Waals surface area contributed by atoms with Crippen LogP contribution in [0.2, 0.25) is 0 Å². The van der Waals surface area contributed by atoms with Crippen LogP contribution in [-0.2, 0) is 4.74 Å². The fraction of sp³-hybridized carbons (Fsp3) is 0.667. The molecule has 0 atom stereocenters. The molecule has 1 aliphatic carbocycles. The molecular weight excluding hydrogens is 220 g/mol. The van der Waals surface area contributed by atoms with Crippen LogP contribution in [0.4, 0.5) is 0 Å². The lowest BCUT2D eigenvalue weighted by atomic mass is 10.2. The van der Waals surface area contributed by atoms with E-state index < -0.39 is 0 Å². The number of hydrogen-bond donors (Lipinski definition) is 1. The Hall–Kier alpha value is -1.36. The molecule has 1 aromatic rings. The minimum absolute atomic E-state index is 0.121.